The number of anilines is 1. The third kappa shape index (κ3) is 9.61. The molecule has 230 valence electrons. The second kappa shape index (κ2) is 15.4. The lowest BCUT2D eigenvalue weighted by molar-refractivity contribution is 0.0455. The van der Waals surface area contributed by atoms with E-state index in [9.17, 15) is 13.7 Å². The largest absolute Gasteiger partial charge is 0.381 e. The Labute approximate surface area is 255 Å². The third-order valence-corrected chi connectivity index (χ3v) is 10.1. The van der Waals surface area contributed by atoms with Crippen LogP contribution in [0.4, 0.5) is 5.82 Å². The monoisotopic (exact) mass is 617 g/mol. The van der Waals surface area contributed by atoms with Gasteiger partial charge < -0.3 is 20.1 Å². The van der Waals surface area contributed by atoms with E-state index in [1.165, 1.54) is 0 Å². The average molecular weight is 618 g/mol. The Kier molecular flexibility index (Phi) is 12.0. The van der Waals surface area contributed by atoms with Gasteiger partial charge in [-0.25, -0.2) is 13.4 Å². The molecule has 3 heterocycles. The van der Waals surface area contributed by atoms with Gasteiger partial charge in [0, 0.05) is 49.3 Å². The van der Waals surface area contributed by atoms with Crippen LogP contribution >= 0.6 is 11.6 Å². The Morgan fingerprint density at radius 2 is 2.00 bits per heavy atom. The molecule has 11 heteroatoms. The topological polar surface area (TPSA) is 126 Å². The number of ether oxygens (including phenoxy) is 2. The van der Waals surface area contributed by atoms with Crippen LogP contribution in [-0.4, -0.2) is 68.5 Å². The van der Waals surface area contributed by atoms with E-state index in [4.69, 9.17) is 26.1 Å². The molecule has 42 heavy (non-hydrogen) atoms. The predicted molar refractivity (Wildman–Crippen MR) is 166 cm³/mol. The Morgan fingerprint density at radius 3 is 2.71 bits per heavy atom. The number of rotatable bonds is 14. The number of nitrogens with zero attached hydrogens (tertiary/aromatic N) is 3. The Balaban J connectivity index is 1.27. The van der Waals surface area contributed by atoms with Crippen LogP contribution in [-0.2, 0) is 25.7 Å². The van der Waals surface area contributed by atoms with Crippen molar-refractivity contribution in [3.8, 4) is 17.3 Å². The van der Waals surface area contributed by atoms with E-state index >= 15 is 0 Å². The summed E-state index contributed by atoms with van der Waals surface area (Å²) in [7, 11) is -3.12. The van der Waals surface area contributed by atoms with Crippen LogP contribution in [0.1, 0.15) is 64.5 Å². The van der Waals surface area contributed by atoms with E-state index in [0.717, 1.165) is 54.9 Å². The zero-order valence-electron chi connectivity index (χ0n) is 24.8. The van der Waals surface area contributed by atoms with Crippen LogP contribution in [0.3, 0.4) is 0 Å². The molecule has 1 saturated heterocycles. The third-order valence-electron chi connectivity index (χ3n) is 8.24. The minimum atomic E-state index is -3.12. The van der Waals surface area contributed by atoms with Gasteiger partial charge in [-0.1, -0.05) is 24.6 Å². The van der Waals surface area contributed by atoms with Gasteiger partial charge in [0.25, 0.3) is 0 Å². The van der Waals surface area contributed by atoms with Crippen molar-refractivity contribution in [3.63, 3.8) is 0 Å². The maximum Gasteiger partial charge on any atom is 0.174 e. The van der Waals surface area contributed by atoms with Crippen molar-refractivity contribution in [2.75, 3.05) is 43.4 Å². The predicted octanol–water partition coefficient (Wildman–Crippen LogP) is 5.41. The molecule has 0 spiro atoms. The molecule has 0 aromatic carbocycles. The van der Waals surface area contributed by atoms with Crippen LogP contribution < -0.4 is 10.6 Å². The van der Waals surface area contributed by atoms with Crippen LogP contribution in [0.5, 0.6) is 0 Å². The van der Waals surface area contributed by atoms with Crippen molar-refractivity contribution >= 4 is 27.3 Å². The summed E-state index contributed by atoms with van der Waals surface area (Å²) in [4.78, 5) is 9.44. The minimum absolute atomic E-state index is 0.101. The van der Waals surface area contributed by atoms with Crippen molar-refractivity contribution < 1.29 is 17.9 Å². The second-order valence-electron chi connectivity index (χ2n) is 11.8. The lowest BCUT2D eigenvalue weighted by atomic mass is 9.82. The molecule has 1 aliphatic carbocycles. The molecule has 1 saturated carbocycles. The number of sulfone groups is 1. The normalized spacial score (nSPS) is 21.4. The fourth-order valence-corrected chi connectivity index (χ4v) is 7.11. The van der Waals surface area contributed by atoms with Gasteiger partial charge in [-0.15, -0.1) is 0 Å². The quantitative estimate of drug-likeness (QED) is 0.286. The molecule has 0 unspecified atom stereocenters. The Bertz CT molecular complexity index is 1300. The number of aromatic nitrogens is 2. The highest BCUT2D eigenvalue weighted by Gasteiger charge is 2.32. The summed E-state index contributed by atoms with van der Waals surface area (Å²) in [6, 6.07) is 10.9. The van der Waals surface area contributed by atoms with Crippen LogP contribution in [0.25, 0.3) is 11.3 Å². The number of hydrogen-bond acceptors (Lipinski definition) is 9. The summed E-state index contributed by atoms with van der Waals surface area (Å²) in [6.45, 7) is 6.04. The number of hydrogen-bond donors (Lipinski definition) is 2. The number of halogens is 1. The lowest BCUT2D eigenvalue weighted by Crippen LogP contribution is -2.41. The fraction of sp³-hybridized carbons (Fsp3) is 0.645. The van der Waals surface area contributed by atoms with Crippen LogP contribution in [0, 0.1) is 22.7 Å². The van der Waals surface area contributed by atoms with E-state index in [0.29, 0.717) is 62.6 Å². The van der Waals surface area contributed by atoms with Gasteiger partial charge in [0.05, 0.1) is 34.6 Å². The zero-order valence-corrected chi connectivity index (χ0v) is 26.4. The first-order valence-electron chi connectivity index (χ1n) is 15.1. The van der Waals surface area contributed by atoms with Gasteiger partial charge in [0.2, 0.25) is 0 Å². The first-order chi connectivity index (χ1) is 20.2. The highest BCUT2D eigenvalue weighted by atomic mass is 35.5. The molecule has 2 aromatic rings. The zero-order chi connectivity index (χ0) is 30.0. The van der Waals surface area contributed by atoms with E-state index in [1.807, 2.05) is 32.0 Å². The van der Waals surface area contributed by atoms with Crippen LogP contribution in [0.15, 0.2) is 30.5 Å². The molecule has 1 atom stereocenters. The SMILES string of the molecule is CCCS(=O)(=O)COC[C@@H](C)NC1CCC(Cc2cc(-c3cccc(NCC4(C#N)CCOCC4)n3)c(Cl)cn2)CC1. The lowest BCUT2D eigenvalue weighted by Gasteiger charge is -2.31. The van der Waals surface area contributed by atoms with Gasteiger partial charge in [-0.3, -0.25) is 4.98 Å². The molecular weight excluding hydrogens is 574 g/mol. The molecule has 2 aliphatic rings. The van der Waals surface area contributed by atoms with Gasteiger partial charge in [0.15, 0.2) is 9.84 Å². The first kappa shape index (κ1) is 32.6. The maximum atomic E-state index is 11.8. The summed E-state index contributed by atoms with van der Waals surface area (Å²) in [5, 5.41) is 17.3. The summed E-state index contributed by atoms with van der Waals surface area (Å²) in [5.74, 6) is 1.22. The van der Waals surface area contributed by atoms with E-state index in [1.54, 1.807) is 6.20 Å². The fourth-order valence-electron chi connectivity index (χ4n) is 5.82. The molecule has 1 aliphatic heterocycles. The second-order valence-corrected chi connectivity index (χ2v) is 14.4. The maximum absolute atomic E-state index is 11.8. The summed E-state index contributed by atoms with van der Waals surface area (Å²) in [6.07, 6.45) is 8.96. The molecule has 2 N–H and O–H groups in total. The van der Waals surface area contributed by atoms with Gasteiger partial charge in [0.1, 0.15) is 11.8 Å². The molecule has 2 fully saturated rings. The van der Waals surface area contributed by atoms with E-state index < -0.39 is 15.3 Å². The molecule has 2 aromatic heterocycles. The van der Waals surface area contributed by atoms with Gasteiger partial charge >= 0.3 is 0 Å². The van der Waals surface area contributed by atoms with Crippen LogP contribution in [0.2, 0.25) is 5.02 Å². The molecule has 0 amide bonds. The highest BCUT2D eigenvalue weighted by Crippen LogP contribution is 2.32. The number of nitrogens with one attached hydrogen (secondary N) is 2. The van der Waals surface area contributed by atoms with E-state index in [2.05, 4.69) is 27.8 Å². The summed E-state index contributed by atoms with van der Waals surface area (Å²) >= 11 is 6.58. The van der Waals surface area contributed by atoms with Gasteiger partial charge in [-0.05, 0) is 82.4 Å². The molecular formula is C31H44ClN5O4S. The van der Waals surface area contributed by atoms with Crippen molar-refractivity contribution in [1.82, 2.24) is 15.3 Å². The van der Waals surface area contributed by atoms with Crippen molar-refractivity contribution in [2.45, 2.75) is 77.3 Å². The Hall–Kier alpha value is -2.29. The van der Waals surface area contributed by atoms with Crippen molar-refractivity contribution in [3.05, 3.63) is 41.2 Å². The summed E-state index contributed by atoms with van der Waals surface area (Å²) < 4.78 is 34.6. The average Bonchev–Trinajstić information content (AvgIpc) is 2.98. The molecule has 0 radical (unpaired) electrons. The molecule has 4 rings (SSSR count). The first-order valence-corrected chi connectivity index (χ1v) is 17.3. The molecule has 0 bridgehead atoms. The minimum Gasteiger partial charge on any atom is -0.381 e. The number of pyridine rings is 2. The number of nitriles is 1. The Morgan fingerprint density at radius 1 is 1.24 bits per heavy atom. The smallest absolute Gasteiger partial charge is 0.174 e. The molecule has 9 nitrogen and oxygen atoms in total. The highest BCUT2D eigenvalue weighted by molar-refractivity contribution is 7.91. The van der Waals surface area contributed by atoms with Gasteiger partial charge in [-0.2, -0.15) is 5.26 Å². The summed E-state index contributed by atoms with van der Waals surface area (Å²) in [5.41, 5.74) is 2.20. The van der Waals surface area contributed by atoms with Crippen molar-refractivity contribution in [2.24, 2.45) is 11.3 Å². The van der Waals surface area contributed by atoms with E-state index in [-0.39, 0.29) is 17.7 Å². The van der Waals surface area contributed by atoms with Crippen molar-refractivity contribution in [1.29, 1.82) is 5.26 Å². The standard InChI is InChI=1S/C31H44ClN5O4S/c1-3-15-42(38,39)22-41-19-23(2)36-25-9-7-24(8-10-25)16-26-17-27(28(32)18-34-26)29-5-4-6-30(37-29)35-21-31(20-33)11-13-40-14-12-31/h4-6,17-18,23-25,36H,3,7-16,19,21-22H2,1-2H3,(H,35,37)/t23-,24?,25?/m1/s1.